The molecule has 0 radical (unpaired) electrons. The smallest absolute Gasteiger partial charge is 0.329 e. The molecule has 7 heteroatoms. The average Bonchev–Trinajstić information content (AvgIpc) is 2.71. The predicted molar refractivity (Wildman–Crippen MR) is 51.5 cm³/mol. The van der Waals surface area contributed by atoms with Gasteiger partial charge in [0.15, 0.2) is 0 Å². The lowest BCUT2D eigenvalue weighted by Gasteiger charge is -2.02. The van der Waals surface area contributed by atoms with Crippen LogP contribution in [0.2, 0.25) is 0 Å². The van der Waals surface area contributed by atoms with E-state index in [2.05, 4.69) is 19.3 Å². The highest BCUT2D eigenvalue weighted by Gasteiger charge is 2.15. The van der Waals surface area contributed by atoms with Gasteiger partial charge < -0.3 is 4.42 Å². The molecule has 0 aliphatic carbocycles. The van der Waals surface area contributed by atoms with Gasteiger partial charge in [-0.15, -0.1) is 5.10 Å². The summed E-state index contributed by atoms with van der Waals surface area (Å²) in [5, 5.41) is 6.78. The molecule has 0 fully saturated rings. The number of anilines is 1. The molecule has 2 aromatic rings. The Kier molecular flexibility index (Phi) is 2.38. The third-order valence-electron chi connectivity index (χ3n) is 1.64. The van der Waals surface area contributed by atoms with Crippen molar-refractivity contribution in [3.8, 4) is 0 Å². The van der Waals surface area contributed by atoms with Crippen molar-refractivity contribution in [1.82, 2.24) is 10.2 Å². The standard InChI is InChI=1S/C8H7N3O3S/c12-15(13,7-4-2-1-3-5-7)11-8-10-9-6-14-8/h1-6H,(H,10,11). The summed E-state index contributed by atoms with van der Waals surface area (Å²) in [5.74, 6) is 0. The van der Waals surface area contributed by atoms with Crippen molar-refractivity contribution in [2.75, 3.05) is 4.72 Å². The number of nitrogens with zero attached hydrogens (tertiary/aromatic N) is 2. The van der Waals surface area contributed by atoms with Gasteiger partial charge in [0.1, 0.15) is 0 Å². The summed E-state index contributed by atoms with van der Waals surface area (Å²) in [6.07, 6.45) is 1.04. The quantitative estimate of drug-likeness (QED) is 0.837. The van der Waals surface area contributed by atoms with Crippen molar-refractivity contribution >= 4 is 16.0 Å². The first-order valence-electron chi connectivity index (χ1n) is 4.02. The second-order valence-electron chi connectivity index (χ2n) is 2.66. The van der Waals surface area contributed by atoms with Crippen molar-refractivity contribution in [2.24, 2.45) is 0 Å². The molecule has 0 saturated carbocycles. The molecule has 0 atom stereocenters. The summed E-state index contributed by atoms with van der Waals surface area (Å²) in [7, 11) is -3.63. The Balaban J connectivity index is 2.29. The van der Waals surface area contributed by atoms with Crippen LogP contribution >= 0.6 is 0 Å². The van der Waals surface area contributed by atoms with E-state index < -0.39 is 10.0 Å². The molecule has 0 amide bonds. The Morgan fingerprint density at radius 3 is 2.53 bits per heavy atom. The molecular weight excluding hydrogens is 218 g/mol. The van der Waals surface area contributed by atoms with Gasteiger partial charge in [-0.1, -0.05) is 23.3 Å². The van der Waals surface area contributed by atoms with E-state index in [4.69, 9.17) is 0 Å². The molecule has 0 saturated heterocycles. The molecule has 1 heterocycles. The van der Waals surface area contributed by atoms with Gasteiger partial charge in [0.05, 0.1) is 4.90 Å². The van der Waals surface area contributed by atoms with E-state index in [1.165, 1.54) is 12.1 Å². The Morgan fingerprint density at radius 1 is 1.20 bits per heavy atom. The van der Waals surface area contributed by atoms with Crippen molar-refractivity contribution in [2.45, 2.75) is 4.90 Å². The van der Waals surface area contributed by atoms with Gasteiger partial charge in [-0.25, -0.2) is 13.1 Å². The van der Waals surface area contributed by atoms with Gasteiger partial charge in [0.2, 0.25) is 6.39 Å². The topological polar surface area (TPSA) is 85.1 Å². The van der Waals surface area contributed by atoms with Crippen LogP contribution in [0.1, 0.15) is 0 Å². The molecule has 6 nitrogen and oxygen atoms in total. The molecule has 2 rings (SSSR count). The Labute approximate surface area is 86.0 Å². The first-order chi connectivity index (χ1) is 7.18. The van der Waals surface area contributed by atoms with Crippen molar-refractivity contribution in [3.63, 3.8) is 0 Å². The first-order valence-corrected chi connectivity index (χ1v) is 5.51. The van der Waals surface area contributed by atoms with Crippen LogP contribution in [0.3, 0.4) is 0 Å². The lowest BCUT2D eigenvalue weighted by atomic mass is 10.4. The van der Waals surface area contributed by atoms with Crippen LogP contribution in [-0.2, 0) is 10.0 Å². The van der Waals surface area contributed by atoms with Gasteiger partial charge in [-0.3, -0.25) is 0 Å². The van der Waals surface area contributed by atoms with Crippen LogP contribution in [0, 0.1) is 0 Å². The Morgan fingerprint density at radius 2 is 1.93 bits per heavy atom. The minimum absolute atomic E-state index is 0.142. The normalized spacial score (nSPS) is 11.2. The third-order valence-corrected chi connectivity index (χ3v) is 2.97. The zero-order valence-corrected chi connectivity index (χ0v) is 8.31. The molecule has 1 N–H and O–H groups in total. The molecule has 0 aliphatic rings. The van der Waals surface area contributed by atoms with E-state index in [-0.39, 0.29) is 10.9 Å². The second-order valence-corrected chi connectivity index (χ2v) is 4.34. The van der Waals surface area contributed by atoms with Crippen molar-refractivity contribution in [3.05, 3.63) is 36.7 Å². The van der Waals surface area contributed by atoms with Crippen LogP contribution in [0.4, 0.5) is 6.01 Å². The molecule has 1 aromatic carbocycles. The van der Waals surface area contributed by atoms with Crippen LogP contribution in [0.15, 0.2) is 46.0 Å². The fourth-order valence-electron chi connectivity index (χ4n) is 0.991. The number of benzene rings is 1. The largest absolute Gasteiger partial charge is 0.410 e. The Hall–Kier alpha value is -1.89. The average molecular weight is 225 g/mol. The van der Waals surface area contributed by atoms with Gasteiger partial charge in [-0.05, 0) is 12.1 Å². The summed E-state index contributed by atoms with van der Waals surface area (Å²) in [4.78, 5) is 0.142. The van der Waals surface area contributed by atoms with Gasteiger partial charge >= 0.3 is 6.01 Å². The van der Waals surface area contributed by atoms with Crippen LogP contribution in [0.25, 0.3) is 0 Å². The predicted octanol–water partition coefficient (Wildman–Crippen LogP) is 0.870. The molecule has 0 spiro atoms. The number of sulfonamides is 1. The fraction of sp³-hybridized carbons (Fsp3) is 0. The zero-order valence-electron chi connectivity index (χ0n) is 7.49. The minimum atomic E-state index is -3.63. The highest BCUT2D eigenvalue weighted by Crippen LogP contribution is 2.12. The SMILES string of the molecule is O=S(=O)(Nc1nnco1)c1ccccc1. The van der Waals surface area contributed by atoms with Gasteiger partial charge in [0, 0.05) is 0 Å². The third kappa shape index (κ3) is 2.13. The molecule has 0 unspecified atom stereocenters. The van der Waals surface area contributed by atoms with Gasteiger partial charge in [0.25, 0.3) is 10.0 Å². The maximum absolute atomic E-state index is 11.7. The molecule has 0 bridgehead atoms. The molecule has 15 heavy (non-hydrogen) atoms. The monoisotopic (exact) mass is 225 g/mol. The van der Waals surface area contributed by atoms with Crippen LogP contribution < -0.4 is 4.72 Å². The summed E-state index contributed by atoms with van der Waals surface area (Å²) in [5.41, 5.74) is 0. The van der Waals surface area contributed by atoms with E-state index in [1.54, 1.807) is 18.2 Å². The maximum Gasteiger partial charge on any atom is 0.329 e. The molecule has 78 valence electrons. The molecular formula is C8H7N3O3S. The lowest BCUT2D eigenvalue weighted by Crippen LogP contribution is -2.12. The van der Waals surface area contributed by atoms with Crippen LogP contribution in [0.5, 0.6) is 0 Å². The lowest BCUT2D eigenvalue weighted by molar-refractivity contribution is 0.566. The Bertz CT molecular complexity index is 522. The van der Waals surface area contributed by atoms with Gasteiger partial charge in [-0.2, -0.15) is 0 Å². The van der Waals surface area contributed by atoms with E-state index >= 15 is 0 Å². The zero-order chi connectivity index (χ0) is 10.7. The number of nitrogens with one attached hydrogen (secondary N) is 1. The van der Waals surface area contributed by atoms with E-state index in [9.17, 15) is 8.42 Å². The highest BCUT2D eigenvalue weighted by atomic mass is 32.2. The van der Waals surface area contributed by atoms with E-state index in [0.717, 1.165) is 6.39 Å². The summed E-state index contributed by atoms with van der Waals surface area (Å²) in [6.45, 7) is 0. The number of rotatable bonds is 3. The van der Waals surface area contributed by atoms with E-state index in [0.29, 0.717) is 0 Å². The first kappa shape index (κ1) is 9.66. The number of hydrogen-bond acceptors (Lipinski definition) is 5. The minimum Gasteiger partial charge on any atom is -0.410 e. The molecule has 0 aliphatic heterocycles. The second kappa shape index (κ2) is 3.70. The fourth-order valence-corrected chi connectivity index (χ4v) is 1.94. The maximum atomic E-state index is 11.7. The summed E-state index contributed by atoms with van der Waals surface area (Å²) >= 11 is 0. The van der Waals surface area contributed by atoms with Crippen molar-refractivity contribution in [1.29, 1.82) is 0 Å². The highest BCUT2D eigenvalue weighted by molar-refractivity contribution is 7.92. The van der Waals surface area contributed by atoms with E-state index in [1.807, 2.05) is 0 Å². The molecule has 1 aromatic heterocycles. The summed E-state index contributed by atoms with van der Waals surface area (Å²) < 4.78 is 30.1. The number of hydrogen-bond donors (Lipinski definition) is 1. The van der Waals surface area contributed by atoms with Crippen LogP contribution in [-0.4, -0.2) is 18.6 Å². The van der Waals surface area contributed by atoms with Crippen molar-refractivity contribution < 1.29 is 12.8 Å². The number of aromatic nitrogens is 2. The summed E-state index contributed by atoms with van der Waals surface area (Å²) in [6, 6.07) is 7.77.